The van der Waals surface area contributed by atoms with Gasteiger partial charge in [-0.1, -0.05) is 20.3 Å². The standard InChI is InChI=1S/C9H20N2O3/c1-4-7(2)8(10)9(12)11-14-6-5-13-3/h7-8H,4-6,10H2,1-3H3,(H,11,12)/t7-,8-/m0/s1. The Bertz CT molecular complexity index is 164. The summed E-state index contributed by atoms with van der Waals surface area (Å²) in [4.78, 5) is 16.2. The minimum atomic E-state index is -0.512. The Hall–Kier alpha value is -0.650. The van der Waals surface area contributed by atoms with Gasteiger partial charge in [-0.15, -0.1) is 0 Å². The molecule has 5 heteroatoms. The van der Waals surface area contributed by atoms with Crippen molar-refractivity contribution in [2.45, 2.75) is 26.3 Å². The van der Waals surface area contributed by atoms with Crippen LogP contribution in [0.3, 0.4) is 0 Å². The quantitative estimate of drug-likeness (QED) is 0.454. The third-order valence-electron chi connectivity index (χ3n) is 2.12. The Morgan fingerprint density at radius 1 is 1.50 bits per heavy atom. The molecule has 0 saturated heterocycles. The van der Waals surface area contributed by atoms with Crippen molar-refractivity contribution in [3.63, 3.8) is 0 Å². The maximum Gasteiger partial charge on any atom is 0.260 e. The number of nitrogens with two attached hydrogens (primary N) is 1. The minimum Gasteiger partial charge on any atom is -0.382 e. The summed E-state index contributed by atoms with van der Waals surface area (Å²) in [6.07, 6.45) is 0.868. The van der Waals surface area contributed by atoms with Gasteiger partial charge in [-0.05, 0) is 5.92 Å². The SMILES string of the molecule is CC[C@H](C)[C@H](N)C(=O)NOCCOC. The van der Waals surface area contributed by atoms with Gasteiger partial charge in [-0.25, -0.2) is 5.48 Å². The maximum absolute atomic E-state index is 11.3. The summed E-state index contributed by atoms with van der Waals surface area (Å²) < 4.78 is 4.75. The van der Waals surface area contributed by atoms with E-state index < -0.39 is 6.04 Å². The molecule has 0 bridgehead atoms. The predicted molar refractivity (Wildman–Crippen MR) is 53.4 cm³/mol. The zero-order valence-electron chi connectivity index (χ0n) is 9.08. The van der Waals surface area contributed by atoms with Gasteiger partial charge in [-0.2, -0.15) is 0 Å². The van der Waals surface area contributed by atoms with Crippen molar-refractivity contribution in [2.24, 2.45) is 11.7 Å². The lowest BCUT2D eigenvalue weighted by atomic mass is 10.00. The summed E-state index contributed by atoms with van der Waals surface area (Å²) in [5, 5.41) is 0. The smallest absolute Gasteiger partial charge is 0.260 e. The first-order valence-electron chi connectivity index (χ1n) is 4.79. The normalized spacial score (nSPS) is 14.9. The summed E-state index contributed by atoms with van der Waals surface area (Å²) in [6, 6.07) is -0.512. The third-order valence-corrected chi connectivity index (χ3v) is 2.12. The van der Waals surface area contributed by atoms with E-state index in [1.807, 2.05) is 13.8 Å². The van der Waals surface area contributed by atoms with Crippen molar-refractivity contribution in [1.29, 1.82) is 0 Å². The number of carbonyl (C=O) groups is 1. The monoisotopic (exact) mass is 204 g/mol. The van der Waals surface area contributed by atoms with Crippen molar-refractivity contribution >= 4 is 5.91 Å². The number of rotatable bonds is 7. The number of hydroxylamine groups is 1. The second-order valence-corrected chi connectivity index (χ2v) is 3.22. The fourth-order valence-electron chi connectivity index (χ4n) is 0.828. The second-order valence-electron chi connectivity index (χ2n) is 3.22. The number of hydrogen-bond donors (Lipinski definition) is 2. The molecule has 0 aromatic carbocycles. The van der Waals surface area contributed by atoms with Crippen molar-refractivity contribution in [3.8, 4) is 0 Å². The van der Waals surface area contributed by atoms with Gasteiger partial charge in [0, 0.05) is 7.11 Å². The number of hydrogen-bond acceptors (Lipinski definition) is 4. The summed E-state index contributed by atoms with van der Waals surface area (Å²) >= 11 is 0. The molecular formula is C9H20N2O3. The van der Waals surface area contributed by atoms with Gasteiger partial charge in [-0.3, -0.25) is 9.63 Å². The van der Waals surface area contributed by atoms with Gasteiger partial charge in [0.25, 0.3) is 5.91 Å². The first-order chi connectivity index (χ1) is 6.63. The van der Waals surface area contributed by atoms with E-state index in [4.69, 9.17) is 15.3 Å². The van der Waals surface area contributed by atoms with E-state index in [0.717, 1.165) is 6.42 Å². The van der Waals surface area contributed by atoms with Gasteiger partial charge in [0.05, 0.1) is 19.3 Å². The summed E-state index contributed by atoms with van der Waals surface area (Å²) in [5.74, 6) is -0.128. The first-order valence-corrected chi connectivity index (χ1v) is 4.79. The Labute approximate surface area is 84.9 Å². The van der Waals surface area contributed by atoms with E-state index >= 15 is 0 Å². The van der Waals surface area contributed by atoms with E-state index in [1.165, 1.54) is 0 Å². The molecule has 0 unspecified atom stereocenters. The van der Waals surface area contributed by atoms with Crippen molar-refractivity contribution in [1.82, 2.24) is 5.48 Å². The van der Waals surface area contributed by atoms with Crippen LogP contribution in [0.2, 0.25) is 0 Å². The molecular weight excluding hydrogens is 184 g/mol. The van der Waals surface area contributed by atoms with E-state index in [9.17, 15) is 4.79 Å². The molecule has 0 fully saturated rings. The van der Waals surface area contributed by atoms with Crippen molar-refractivity contribution in [3.05, 3.63) is 0 Å². The third kappa shape index (κ3) is 5.16. The van der Waals surface area contributed by atoms with E-state index in [1.54, 1.807) is 7.11 Å². The van der Waals surface area contributed by atoms with Crippen LogP contribution in [0, 0.1) is 5.92 Å². The Morgan fingerprint density at radius 3 is 2.64 bits per heavy atom. The topological polar surface area (TPSA) is 73.6 Å². The van der Waals surface area contributed by atoms with E-state index in [0.29, 0.717) is 13.2 Å². The number of ether oxygens (including phenoxy) is 1. The van der Waals surface area contributed by atoms with Crippen LogP contribution in [0.25, 0.3) is 0 Å². The first kappa shape index (κ1) is 13.4. The molecule has 0 aromatic heterocycles. The predicted octanol–water partition coefficient (Wildman–Crippen LogP) is 0.0540. The van der Waals surface area contributed by atoms with Crippen molar-refractivity contribution < 1.29 is 14.4 Å². The van der Waals surface area contributed by atoms with Crippen LogP contribution in [-0.4, -0.2) is 32.3 Å². The highest BCUT2D eigenvalue weighted by Crippen LogP contribution is 2.04. The molecule has 5 nitrogen and oxygen atoms in total. The molecule has 0 aliphatic heterocycles. The Morgan fingerprint density at radius 2 is 2.14 bits per heavy atom. The molecule has 84 valence electrons. The Balaban J connectivity index is 3.62. The molecule has 3 N–H and O–H groups in total. The molecule has 1 amide bonds. The number of amides is 1. The highest BCUT2D eigenvalue weighted by molar-refractivity contribution is 5.80. The molecule has 2 atom stereocenters. The number of methoxy groups -OCH3 is 1. The van der Waals surface area contributed by atoms with Gasteiger partial charge in [0.2, 0.25) is 0 Å². The Kier molecular flexibility index (Phi) is 7.37. The number of carbonyl (C=O) groups excluding carboxylic acids is 1. The molecule has 0 heterocycles. The number of nitrogens with one attached hydrogen (secondary N) is 1. The van der Waals surface area contributed by atoms with Crippen LogP contribution in [0.1, 0.15) is 20.3 Å². The molecule has 14 heavy (non-hydrogen) atoms. The molecule has 0 aromatic rings. The van der Waals surface area contributed by atoms with Crippen LogP contribution in [0.15, 0.2) is 0 Å². The zero-order chi connectivity index (χ0) is 11.0. The average Bonchev–Trinajstić information content (AvgIpc) is 2.21. The van der Waals surface area contributed by atoms with Crippen LogP contribution >= 0.6 is 0 Å². The van der Waals surface area contributed by atoms with Crippen molar-refractivity contribution in [2.75, 3.05) is 20.3 Å². The highest BCUT2D eigenvalue weighted by Gasteiger charge is 2.19. The fourth-order valence-corrected chi connectivity index (χ4v) is 0.828. The van der Waals surface area contributed by atoms with E-state index in [2.05, 4.69) is 5.48 Å². The lowest BCUT2D eigenvalue weighted by Gasteiger charge is -2.17. The van der Waals surface area contributed by atoms with Gasteiger partial charge in [0.15, 0.2) is 0 Å². The largest absolute Gasteiger partial charge is 0.382 e. The molecule has 0 radical (unpaired) electrons. The van der Waals surface area contributed by atoms with Gasteiger partial charge < -0.3 is 10.5 Å². The van der Waals surface area contributed by atoms with Gasteiger partial charge >= 0.3 is 0 Å². The zero-order valence-corrected chi connectivity index (χ0v) is 9.08. The van der Waals surface area contributed by atoms with Gasteiger partial charge in [0.1, 0.15) is 0 Å². The summed E-state index contributed by atoms with van der Waals surface area (Å²) in [7, 11) is 1.57. The van der Waals surface area contributed by atoms with Crippen LogP contribution in [0.4, 0.5) is 0 Å². The summed E-state index contributed by atoms with van der Waals surface area (Å²) in [5.41, 5.74) is 7.95. The van der Waals surface area contributed by atoms with E-state index in [-0.39, 0.29) is 11.8 Å². The maximum atomic E-state index is 11.3. The molecule has 0 aliphatic rings. The summed E-state index contributed by atoms with van der Waals surface area (Å²) in [6.45, 7) is 4.69. The molecule has 0 saturated carbocycles. The fraction of sp³-hybridized carbons (Fsp3) is 0.889. The second kappa shape index (κ2) is 7.73. The molecule has 0 aliphatic carbocycles. The molecule has 0 spiro atoms. The molecule has 0 rings (SSSR count). The van der Waals surface area contributed by atoms with Crippen LogP contribution < -0.4 is 11.2 Å². The highest BCUT2D eigenvalue weighted by atomic mass is 16.7. The minimum absolute atomic E-state index is 0.154. The van der Waals surface area contributed by atoms with Crippen LogP contribution in [0.5, 0.6) is 0 Å². The van der Waals surface area contributed by atoms with Crippen LogP contribution in [-0.2, 0) is 14.4 Å². The average molecular weight is 204 g/mol. The lowest BCUT2D eigenvalue weighted by Crippen LogP contribution is -2.44. The lowest BCUT2D eigenvalue weighted by molar-refractivity contribution is -0.137.